The molecule has 0 bridgehead atoms. The summed E-state index contributed by atoms with van der Waals surface area (Å²) in [6.45, 7) is 6.70. The van der Waals surface area contributed by atoms with Crippen molar-refractivity contribution in [2.75, 3.05) is 5.73 Å². The molecule has 0 spiro atoms. The summed E-state index contributed by atoms with van der Waals surface area (Å²) in [7, 11) is 0. The number of aromatic nitrogens is 1. The molecule has 0 amide bonds. The van der Waals surface area contributed by atoms with Gasteiger partial charge in [0.25, 0.3) is 0 Å². The van der Waals surface area contributed by atoms with Gasteiger partial charge in [-0.1, -0.05) is 57.2 Å². The highest BCUT2D eigenvalue weighted by molar-refractivity contribution is 7.10. The third kappa shape index (κ3) is 3.80. The highest BCUT2D eigenvalue weighted by Gasteiger charge is 2.13. The van der Waals surface area contributed by atoms with Crippen LogP contribution in [-0.2, 0) is 11.8 Å². The fourth-order valence-electron chi connectivity index (χ4n) is 2.48. The highest BCUT2D eigenvalue weighted by Crippen LogP contribution is 2.27. The lowest BCUT2D eigenvalue weighted by Gasteiger charge is -2.18. The molecule has 0 aliphatic rings. The van der Waals surface area contributed by atoms with Gasteiger partial charge < -0.3 is 5.73 Å². The molecule has 0 aliphatic heterocycles. The summed E-state index contributed by atoms with van der Waals surface area (Å²) >= 11 is 1.71. The molecule has 0 radical (unpaired) electrons. The lowest BCUT2D eigenvalue weighted by molar-refractivity contribution is 0.590. The summed E-state index contributed by atoms with van der Waals surface area (Å²) in [6.07, 6.45) is 0.852. The van der Waals surface area contributed by atoms with Crippen LogP contribution in [0.3, 0.4) is 0 Å². The Morgan fingerprint density at radius 1 is 0.957 bits per heavy atom. The van der Waals surface area contributed by atoms with Crippen LogP contribution in [0.4, 0.5) is 5.69 Å². The SMILES string of the molecule is CC(C)(C)c1ccc(-c2csc(Cc3ccc(N)cc3)n2)cc1. The van der Waals surface area contributed by atoms with Gasteiger partial charge in [-0.25, -0.2) is 4.98 Å². The van der Waals surface area contributed by atoms with Gasteiger partial charge in [-0.2, -0.15) is 0 Å². The molecule has 0 saturated heterocycles. The van der Waals surface area contributed by atoms with Crippen molar-refractivity contribution < 1.29 is 0 Å². The number of thiazole rings is 1. The maximum atomic E-state index is 5.73. The van der Waals surface area contributed by atoms with Crippen LogP contribution in [0.15, 0.2) is 53.9 Å². The van der Waals surface area contributed by atoms with E-state index in [1.165, 1.54) is 16.7 Å². The number of nitrogens with zero attached hydrogens (tertiary/aromatic N) is 1. The van der Waals surface area contributed by atoms with Gasteiger partial charge in [0, 0.05) is 23.1 Å². The molecule has 0 saturated carbocycles. The van der Waals surface area contributed by atoms with Crippen molar-refractivity contribution in [3.8, 4) is 11.3 Å². The number of nitrogen functional groups attached to an aromatic ring is 1. The topological polar surface area (TPSA) is 38.9 Å². The van der Waals surface area contributed by atoms with Gasteiger partial charge >= 0.3 is 0 Å². The second-order valence-electron chi connectivity index (χ2n) is 6.87. The highest BCUT2D eigenvalue weighted by atomic mass is 32.1. The lowest BCUT2D eigenvalue weighted by atomic mass is 9.86. The number of rotatable bonds is 3. The number of nitrogens with two attached hydrogens (primary N) is 1. The molecular weight excluding hydrogens is 300 g/mol. The standard InChI is InChI=1S/C20H22N2S/c1-20(2,3)16-8-6-15(7-9-16)18-13-23-19(22-18)12-14-4-10-17(21)11-5-14/h4-11,13H,12,21H2,1-3H3. The minimum Gasteiger partial charge on any atom is -0.399 e. The molecular formula is C20H22N2S. The molecule has 2 nitrogen and oxygen atoms in total. The minimum absolute atomic E-state index is 0.181. The van der Waals surface area contributed by atoms with Crippen molar-refractivity contribution in [3.05, 3.63) is 70.0 Å². The van der Waals surface area contributed by atoms with E-state index in [2.05, 4.69) is 62.5 Å². The molecule has 0 unspecified atom stereocenters. The monoisotopic (exact) mass is 322 g/mol. The van der Waals surface area contributed by atoms with Crippen molar-refractivity contribution in [2.45, 2.75) is 32.6 Å². The molecule has 118 valence electrons. The van der Waals surface area contributed by atoms with E-state index in [-0.39, 0.29) is 5.41 Å². The summed E-state index contributed by atoms with van der Waals surface area (Å²) < 4.78 is 0. The Morgan fingerprint density at radius 2 is 1.61 bits per heavy atom. The number of hydrogen-bond acceptors (Lipinski definition) is 3. The Bertz CT molecular complexity index is 778. The van der Waals surface area contributed by atoms with Gasteiger partial charge in [0.1, 0.15) is 0 Å². The van der Waals surface area contributed by atoms with E-state index in [4.69, 9.17) is 10.7 Å². The molecule has 2 aromatic carbocycles. The molecule has 0 aliphatic carbocycles. The van der Waals surface area contributed by atoms with Crippen LogP contribution in [0.25, 0.3) is 11.3 Å². The van der Waals surface area contributed by atoms with Crippen molar-refractivity contribution in [1.82, 2.24) is 4.98 Å². The zero-order valence-electron chi connectivity index (χ0n) is 13.8. The van der Waals surface area contributed by atoms with E-state index in [0.717, 1.165) is 22.8 Å². The third-order valence-electron chi connectivity index (χ3n) is 3.93. The maximum absolute atomic E-state index is 5.73. The number of hydrogen-bond donors (Lipinski definition) is 1. The molecule has 3 aromatic rings. The molecule has 3 heteroatoms. The van der Waals surface area contributed by atoms with Crippen LogP contribution in [0.2, 0.25) is 0 Å². The summed E-state index contributed by atoms with van der Waals surface area (Å²) in [5.74, 6) is 0. The van der Waals surface area contributed by atoms with Crippen LogP contribution in [0.1, 0.15) is 36.9 Å². The van der Waals surface area contributed by atoms with Gasteiger partial charge in [0.15, 0.2) is 0 Å². The summed E-state index contributed by atoms with van der Waals surface area (Å²) in [5, 5.41) is 3.27. The minimum atomic E-state index is 0.181. The first-order chi connectivity index (χ1) is 10.9. The quantitative estimate of drug-likeness (QED) is 0.666. The van der Waals surface area contributed by atoms with Crippen molar-refractivity contribution in [3.63, 3.8) is 0 Å². The number of benzene rings is 2. The average molecular weight is 322 g/mol. The van der Waals surface area contributed by atoms with Crippen molar-refractivity contribution in [1.29, 1.82) is 0 Å². The Morgan fingerprint density at radius 3 is 2.22 bits per heavy atom. The van der Waals surface area contributed by atoms with E-state index in [1.54, 1.807) is 11.3 Å². The number of anilines is 1. The second-order valence-corrected chi connectivity index (χ2v) is 7.81. The van der Waals surface area contributed by atoms with Crippen LogP contribution in [0, 0.1) is 0 Å². The van der Waals surface area contributed by atoms with Gasteiger partial charge in [-0.15, -0.1) is 11.3 Å². The summed E-state index contributed by atoms with van der Waals surface area (Å²) in [5.41, 5.74) is 11.5. The molecule has 1 heterocycles. The molecule has 1 aromatic heterocycles. The normalized spacial score (nSPS) is 11.6. The Kier molecular flexibility index (Phi) is 4.22. The van der Waals surface area contributed by atoms with Crippen molar-refractivity contribution in [2.24, 2.45) is 0 Å². The predicted molar refractivity (Wildman–Crippen MR) is 99.9 cm³/mol. The first-order valence-corrected chi connectivity index (χ1v) is 8.69. The Hall–Kier alpha value is -2.13. The smallest absolute Gasteiger partial charge is 0.0976 e. The maximum Gasteiger partial charge on any atom is 0.0976 e. The molecule has 3 rings (SSSR count). The molecule has 0 atom stereocenters. The van der Waals surface area contributed by atoms with Crippen LogP contribution in [0.5, 0.6) is 0 Å². The Balaban J connectivity index is 1.77. The third-order valence-corrected chi connectivity index (χ3v) is 4.78. The van der Waals surface area contributed by atoms with Gasteiger partial charge in [0.2, 0.25) is 0 Å². The Labute approximate surface area is 142 Å². The zero-order valence-corrected chi connectivity index (χ0v) is 14.7. The molecule has 0 fully saturated rings. The second kappa shape index (κ2) is 6.17. The summed E-state index contributed by atoms with van der Waals surface area (Å²) in [4.78, 5) is 4.78. The van der Waals surface area contributed by atoms with Crippen LogP contribution in [-0.4, -0.2) is 4.98 Å². The fraction of sp³-hybridized carbons (Fsp3) is 0.250. The summed E-state index contributed by atoms with van der Waals surface area (Å²) in [6, 6.07) is 16.8. The first kappa shape index (κ1) is 15.8. The van der Waals surface area contributed by atoms with E-state index < -0.39 is 0 Å². The first-order valence-electron chi connectivity index (χ1n) is 7.81. The predicted octanol–water partition coefficient (Wildman–Crippen LogP) is 5.28. The van der Waals surface area contributed by atoms with E-state index in [0.29, 0.717) is 0 Å². The van der Waals surface area contributed by atoms with Crippen LogP contribution >= 0.6 is 11.3 Å². The van der Waals surface area contributed by atoms with E-state index in [1.807, 2.05) is 12.1 Å². The lowest BCUT2D eigenvalue weighted by Crippen LogP contribution is -2.10. The van der Waals surface area contributed by atoms with E-state index in [9.17, 15) is 0 Å². The van der Waals surface area contributed by atoms with Gasteiger partial charge in [0.05, 0.1) is 10.7 Å². The molecule has 23 heavy (non-hydrogen) atoms. The van der Waals surface area contributed by atoms with Crippen LogP contribution < -0.4 is 5.73 Å². The average Bonchev–Trinajstić information content (AvgIpc) is 2.97. The van der Waals surface area contributed by atoms with E-state index >= 15 is 0 Å². The van der Waals surface area contributed by atoms with Gasteiger partial charge in [-0.3, -0.25) is 0 Å². The fourth-order valence-corrected chi connectivity index (χ4v) is 3.31. The largest absolute Gasteiger partial charge is 0.399 e. The van der Waals surface area contributed by atoms with Gasteiger partial charge in [-0.05, 0) is 28.7 Å². The zero-order chi connectivity index (χ0) is 16.4. The molecule has 2 N–H and O–H groups in total. The van der Waals surface area contributed by atoms with Crippen molar-refractivity contribution >= 4 is 17.0 Å².